The zero-order valence-electron chi connectivity index (χ0n) is 14.7. The van der Waals surface area contributed by atoms with Crippen LogP contribution in [0.25, 0.3) is 0 Å². The van der Waals surface area contributed by atoms with Gasteiger partial charge in [0, 0.05) is 6.04 Å². The van der Waals surface area contributed by atoms with E-state index in [4.69, 9.17) is 14.7 Å². The van der Waals surface area contributed by atoms with E-state index >= 15 is 0 Å². The van der Waals surface area contributed by atoms with Gasteiger partial charge in [-0.2, -0.15) is 0 Å². The zero-order valence-corrected chi connectivity index (χ0v) is 14.7. The number of amides is 1. The molecule has 2 atom stereocenters. The largest absolute Gasteiger partial charge is 0.479 e. The number of fused-ring (bicyclic) bond motifs is 2. The van der Waals surface area contributed by atoms with Crippen LogP contribution in [-0.2, 0) is 14.4 Å². The van der Waals surface area contributed by atoms with Gasteiger partial charge in [0.05, 0.1) is 11.8 Å². The van der Waals surface area contributed by atoms with E-state index in [0.29, 0.717) is 5.71 Å². The van der Waals surface area contributed by atoms with Crippen molar-refractivity contribution in [1.82, 2.24) is 4.90 Å². The molecule has 0 radical (unpaired) electrons. The van der Waals surface area contributed by atoms with E-state index in [1.54, 1.807) is 6.92 Å². The first-order valence-electron chi connectivity index (χ1n) is 8.29. The van der Waals surface area contributed by atoms with Crippen LogP contribution in [-0.4, -0.2) is 52.1 Å². The van der Waals surface area contributed by atoms with E-state index in [1.165, 1.54) is 0 Å². The number of carboxylic acids is 1. The van der Waals surface area contributed by atoms with Crippen molar-refractivity contribution in [2.75, 3.05) is 6.61 Å². The van der Waals surface area contributed by atoms with Gasteiger partial charge in [0.1, 0.15) is 5.60 Å². The van der Waals surface area contributed by atoms with Crippen LogP contribution in [0.4, 0.5) is 4.79 Å². The van der Waals surface area contributed by atoms with Crippen molar-refractivity contribution in [2.45, 2.75) is 71.1 Å². The van der Waals surface area contributed by atoms with Gasteiger partial charge >= 0.3 is 12.1 Å². The Morgan fingerprint density at radius 2 is 2.04 bits per heavy atom. The average Bonchev–Trinajstić information content (AvgIpc) is 2.72. The Labute approximate surface area is 142 Å². The molecule has 0 aromatic heterocycles. The molecule has 7 heteroatoms. The van der Waals surface area contributed by atoms with E-state index in [1.807, 2.05) is 25.7 Å². The smallest absolute Gasteiger partial charge is 0.411 e. The molecule has 2 rings (SSSR count). The molecule has 2 unspecified atom stereocenters. The van der Waals surface area contributed by atoms with Crippen LogP contribution in [0.5, 0.6) is 0 Å². The summed E-state index contributed by atoms with van der Waals surface area (Å²) in [5, 5.41) is 12.5. The normalized spacial score (nSPS) is 24.2. The van der Waals surface area contributed by atoms with Crippen molar-refractivity contribution in [3.05, 3.63) is 11.6 Å². The number of allylic oxidation sites excluding steroid dienone is 1. The molecule has 1 fully saturated rings. The predicted molar refractivity (Wildman–Crippen MR) is 88.9 cm³/mol. The van der Waals surface area contributed by atoms with Crippen LogP contribution in [0, 0.1) is 0 Å². The van der Waals surface area contributed by atoms with Gasteiger partial charge in [0.25, 0.3) is 0 Å². The van der Waals surface area contributed by atoms with Crippen molar-refractivity contribution >= 4 is 17.8 Å². The van der Waals surface area contributed by atoms with Gasteiger partial charge < -0.3 is 14.7 Å². The number of carbonyl (C=O) groups excluding carboxylic acids is 1. The quantitative estimate of drug-likeness (QED) is 0.629. The minimum Gasteiger partial charge on any atom is -0.479 e. The van der Waals surface area contributed by atoms with Crippen molar-refractivity contribution < 1.29 is 24.3 Å². The Balaban J connectivity index is 2.17. The maximum atomic E-state index is 12.6. The summed E-state index contributed by atoms with van der Waals surface area (Å²) < 4.78 is 5.57. The summed E-state index contributed by atoms with van der Waals surface area (Å²) in [7, 11) is 0. The minimum absolute atomic E-state index is 0.0930. The number of carboxylic acid groups (broad SMARTS) is 1. The fourth-order valence-corrected chi connectivity index (χ4v) is 3.26. The molecule has 134 valence electrons. The number of nitrogens with zero attached hydrogens (tertiary/aromatic N) is 2. The van der Waals surface area contributed by atoms with Gasteiger partial charge in [-0.1, -0.05) is 11.2 Å². The summed E-state index contributed by atoms with van der Waals surface area (Å²) in [6.45, 7) is 6.86. The van der Waals surface area contributed by atoms with Crippen LogP contribution < -0.4 is 0 Å². The van der Waals surface area contributed by atoms with E-state index in [2.05, 4.69) is 11.2 Å². The summed E-state index contributed by atoms with van der Waals surface area (Å²) in [5.41, 5.74) is 0.990. The molecule has 0 aliphatic carbocycles. The Morgan fingerprint density at radius 1 is 1.33 bits per heavy atom. The van der Waals surface area contributed by atoms with Crippen LogP contribution in [0.2, 0.25) is 0 Å². The first kappa shape index (κ1) is 18.3. The first-order chi connectivity index (χ1) is 11.2. The Bertz CT molecular complexity index is 562. The van der Waals surface area contributed by atoms with Gasteiger partial charge in [-0.15, -0.1) is 0 Å². The highest BCUT2D eigenvalue weighted by Gasteiger charge is 2.42. The van der Waals surface area contributed by atoms with Crippen LogP contribution >= 0.6 is 0 Å². The molecule has 2 heterocycles. The molecule has 2 bridgehead atoms. The molecule has 1 saturated heterocycles. The molecule has 0 aromatic rings. The number of oxime groups is 1. The molecule has 0 spiro atoms. The maximum Gasteiger partial charge on any atom is 0.411 e. The highest BCUT2D eigenvalue weighted by molar-refractivity contribution is 5.99. The second-order valence-corrected chi connectivity index (χ2v) is 7.22. The topological polar surface area (TPSA) is 88.4 Å². The Kier molecular flexibility index (Phi) is 5.51. The SMILES string of the molecule is CC(=NOCC(=O)O)C1=CCCC2CCC1N2C(=O)OC(C)(C)C. The number of carbonyl (C=O) groups is 2. The lowest BCUT2D eigenvalue weighted by atomic mass is 9.97. The third-order valence-corrected chi connectivity index (χ3v) is 4.14. The van der Waals surface area contributed by atoms with Gasteiger partial charge in [-0.05, 0) is 59.0 Å². The lowest BCUT2D eigenvalue weighted by Crippen LogP contribution is -2.44. The van der Waals surface area contributed by atoms with Gasteiger partial charge in [-0.3, -0.25) is 4.90 Å². The first-order valence-corrected chi connectivity index (χ1v) is 8.29. The second-order valence-electron chi connectivity index (χ2n) is 7.22. The highest BCUT2D eigenvalue weighted by atomic mass is 16.6. The molecular formula is C17H26N2O5. The number of ether oxygens (including phenoxy) is 1. The van der Waals surface area contributed by atoms with Crippen LogP contribution in [0.15, 0.2) is 16.8 Å². The molecule has 0 aromatic carbocycles. The van der Waals surface area contributed by atoms with E-state index in [0.717, 1.165) is 31.3 Å². The third kappa shape index (κ3) is 4.49. The van der Waals surface area contributed by atoms with Gasteiger partial charge in [0.15, 0.2) is 0 Å². The summed E-state index contributed by atoms with van der Waals surface area (Å²) in [6, 6.07) is 0.0795. The third-order valence-electron chi connectivity index (χ3n) is 4.14. The molecule has 7 nitrogen and oxygen atoms in total. The number of aliphatic carboxylic acids is 1. The molecule has 1 amide bonds. The molecule has 0 saturated carbocycles. The monoisotopic (exact) mass is 338 g/mol. The Morgan fingerprint density at radius 3 is 2.67 bits per heavy atom. The highest BCUT2D eigenvalue weighted by Crippen LogP contribution is 2.36. The summed E-state index contributed by atoms with van der Waals surface area (Å²) in [5.74, 6) is -1.07. The summed E-state index contributed by atoms with van der Waals surface area (Å²) in [4.78, 5) is 29.8. The second kappa shape index (κ2) is 7.23. The van der Waals surface area contributed by atoms with Crippen molar-refractivity contribution in [2.24, 2.45) is 5.16 Å². The van der Waals surface area contributed by atoms with E-state index < -0.39 is 18.2 Å². The average molecular weight is 338 g/mol. The number of rotatable bonds is 4. The standard InChI is InChI=1S/C17H26N2O5/c1-11(18-23-10-15(20)21)13-7-5-6-12-8-9-14(13)19(12)16(22)24-17(2,3)4/h7,12,14H,5-6,8-10H2,1-4H3,(H,20,21). The lowest BCUT2D eigenvalue weighted by molar-refractivity contribution is -0.142. The predicted octanol–water partition coefficient (Wildman–Crippen LogP) is 2.95. The lowest BCUT2D eigenvalue weighted by Gasteiger charge is -2.32. The van der Waals surface area contributed by atoms with E-state index in [-0.39, 0.29) is 18.2 Å². The van der Waals surface area contributed by atoms with E-state index in [9.17, 15) is 9.59 Å². The number of hydrogen-bond donors (Lipinski definition) is 1. The molecule has 24 heavy (non-hydrogen) atoms. The maximum absolute atomic E-state index is 12.6. The van der Waals surface area contributed by atoms with Crippen molar-refractivity contribution in [1.29, 1.82) is 0 Å². The molecule has 2 aliphatic heterocycles. The molecular weight excluding hydrogens is 312 g/mol. The fraction of sp³-hybridized carbons (Fsp3) is 0.706. The molecule has 2 aliphatic rings. The van der Waals surface area contributed by atoms with Crippen LogP contribution in [0.3, 0.4) is 0 Å². The van der Waals surface area contributed by atoms with Gasteiger partial charge in [0.2, 0.25) is 6.61 Å². The van der Waals surface area contributed by atoms with Crippen LogP contribution in [0.1, 0.15) is 53.4 Å². The summed E-state index contributed by atoms with van der Waals surface area (Å²) in [6.07, 6.45) is 5.29. The molecule has 1 N–H and O–H groups in total. The number of hydrogen-bond acceptors (Lipinski definition) is 5. The fourth-order valence-electron chi connectivity index (χ4n) is 3.26. The Hall–Kier alpha value is -2.05. The van der Waals surface area contributed by atoms with Crippen molar-refractivity contribution in [3.63, 3.8) is 0 Å². The zero-order chi connectivity index (χ0) is 17.9. The van der Waals surface area contributed by atoms with Crippen molar-refractivity contribution in [3.8, 4) is 0 Å². The minimum atomic E-state index is -1.07. The summed E-state index contributed by atoms with van der Waals surface area (Å²) >= 11 is 0. The van der Waals surface area contributed by atoms with Gasteiger partial charge in [-0.25, -0.2) is 9.59 Å².